The molecule has 0 amide bonds. The summed E-state index contributed by atoms with van der Waals surface area (Å²) in [4.78, 5) is 116. The summed E-state index contributed by atoms with van der Waals surface area (Å²) in [6.45, 7) is 60.5. The number of hydrogen-bond acceptors (Lipinski definition) is 20. The Kier molecular flexibility index (Phi) is 41.4. The van der Waals surface area contributed by atoms with Crippen LogP contribution in [0.1, 0.15) is 286 Å². The molecule has 0 aromatic rings. The maximum absolute atomic E-state index is 11.7. The molecule has 0 aliphatic carbocycles. The van der Waals surface area contributed by atoms with E-state index < -0.39 is 79.0 Å². The second kappa shape index (κ2) is 39.8. The second-order valence-corrected chi connectivity index (χ2v) is 30.0. The zero-order valence-corrected chi connectivity index (χ0v) is 62.1. The maximum Gasteiger partial charge on any atom is 0.344 e. The quantitative estimate of drug-likeness (QED) is 0.0383. The Morgan fingerprint density at radius 1 is 0.303 bits per heavy atom. The first-order valence-electron chi connectivity index (χ1n) is 31.7. The van der Waals surface area contributed by atoms with Gasteiger partial charge in [0.05, 0.1) is 33.7 Å². The molecular formula is C69H128O20. The average Bonchev–Trinajstić information content (AvgIpc) is 3.41. The molecule has 524 valence electrons. The van der Waals surface area contributed by atoms with Crippen LogP contribution < -0.4 is 0 Å². The smallest absolute Gasteiger partial charge is 0.344 e. The van der Waals surface area contributed by atoms with Crippen LogP contribution in [0, 0.1) is 38.4 Å². The van der Waals surface area contributed by atoms with Crippen molar-refractivity contribution in [2.24, 2.45) is 38.4 Å². The lowest BCUT2D eigenvalue weighted by molar-refractivity contribution is -0.178. The monoisotopic (exact) mass is 1280 g/mol. The SMILES string of the molecule is CCC(C)(C)C(=O)OCC(=O)OC(C)(C)C.CCC(C)(C)C(=O)OCC(=O)OC(C)(C)C(C)(C)C.CCC(C)(C)C(=O)OCC(=O)OC(C)(C)C(C)C.CCC(C)(C)OC(=O)CCCOC(=O)C(C)(C)CC.CCC(C)(C)OC(=O)COC(=O)C(C)(C)CC. The molecule has 0 bridgehead atoms. The van der Waals surface area contributed by atoms with Crippen LogP contribution in [0.4, 0.5) is 0 Å². The van der Waals surface area contributed by atoms with Crippen LogP contribution in [-0.2, 0) is 95.3 Å². The van der Waals surface area contributed by atoms with E-state index in [1.807, 2.05) is 152 Å². The van der Waals surface area contributed by atoms with Crippen LogP contribution in [0.3, 0.4) is 0 Å². The fourth-order valence-corrected chi connectivity index (χ4v) is 4.70. The maximum atomic E-state index is 11.7. The minimum absolute atomic E-state index is 0.185. The van der Waals surface area contributed by atoms with E-state index in [0.717, 1.165) is 12.8 Å². The molecule has 0 N–H and O–H groups in total. The molecular weight excluding hydrogens is 1150 g/mol. The van der Waals surface area contributed by atoms with E-state index in [4.69, 9.17) is 47.4 Å². The summed E-state index contributed by atoms with van der Waals surface area (Å²) in [5.74, 6) is -3.78. The van der Waals surface area contributed by atoms with Gasteiger partial charge in [-0.15, -0.1) is 0 Å². The lowest BCUT2D eigenvalue weighted by atomic mass is 9.79. The van der Waals surface area contributed by atoms with Crippen LogP contribution >= 0.6 is 0 Å². The van der Waals surface area contributed by atoms with Crippen LogP contribution in [0.15, 0.2) is 0 Å². The Hall–Kier alpha value is -5.30. The van der Waals surface area contributed by atoms with Crippen LogP contribution in [0.25, 0.3) is 0 Å². The predicted molar refractivity (Wildman–Crippen MR) is 346 cm³/mol. The molecule has 0 saturated carbocycles. The standard InChI is InChI=1S/2C15H28O4.C14H26O4.C13H24O4.C12H22O4/c1-9-14(5,6)12(17)18-10-11(16)19-15(7,8)13(2,3)4;1-7-14(3,4)13(17)18-11-9-10-12(16)19-15(5,6)8-2;1-8-13(4,5)12(16)17-9-11(15)18-14(6,7)10(2)3;1-7-12(3,4)11(15)16-9-10(14)17-13(5,6)8-2;1-7-12(5,6)10(14)15-8-9(13)16-11(2,3)4/h9-10H2,1-8H3;7-11H2,1-6H3;10H,8-9H2,1-7H3;7-9H2,1-6H3;7-8H2,1-6H3. The van der Waals surface area contributed by atoms with Crippen LogP contribution in [0.2, 0.25) is 0 Å². The number of esters is 10. The van der Waals surface area contributed by atoms with Crippen molar-refractivity contribution in [3.05, 3.63) is 0 Å². The summed E-state index contributed by atoms with van der Waals surface area (Å²) in [6, 6.07) is 0. The van der Waals surface area contributed by atoms with Gasteiger partial charge in [-0.3, -0.25) is 28.8 Å². The lowest BCUT2D eigenvalue weighted by Gasteiger charge is -2.37. The molecule has 0 fully saturated rings. The lowest BCUT2D eigenvalue weighted by Crippen LogP contribution is -2.42. The highest BCUT2D eigenvalue weighted by molar-refractivity contribution is 5.82. The first-order valence-corrected chi connectivity index (χ1v) is 31.7. The van der Waals surface area contributed by atoms with E-state index in [1.54, 1.807) is 76.2 Å². The largest absolute Gasteiger partial charge is 0.465 e. The number of rotatable bonds is 29. The third-order valence-corrected chi connectivity index (χ3v) is 16.1. The van der Waals surface area contributed by atoms with Crippen molar-refractivity contribution >= 4 is 59.7 Å². The molecule has 0 rings (SSSR count). The van der Waals surface area contributed by atoms with Crippen LogP contribution in [0.5, 0.6) is 0 Å². The molecule has 0 radical (unpaired) electrons. The molecule has 0 aliphatic heterocycles. The van der Waals surface area contributed by atoms with Crippen molar-refractivity contribution in [2.45, 2.75) is 314 Å². The first kappa shape index (κ1) is 92.4. The minimum Gasteiger partial charge on any atom is -0.465 e. The summed E-state index contributed by atoms with van der Waals surface area (Å²) in [5.41, 5.74) is -5.53. The van der Waals surface area contributed by atoms with Gasteiger partial charge in [-0.1, -0.05) is 83.1 Å². The molecule has 89 heavy (non-hydrogen) atoms. The molecule has 0 aromatic heterocycles. The van der Waals surface area contributed by atoms with Crippen molar-refractivity contribution in [2.75, 3.05) is 33.0 Å². The average molecular weight is 1280 g/mol. The van der Waals surface area contributed by atoms with Crippen molar-refractivity contribution in [1.82, 2.24) is 0 Å². The third kappa shape index (κ3) is 42.4. The van der Waals surface area contributed by atoms with E-state index >= 15 is 0 Å². The Labute approximate surface area is 538 Å². The van der Waals surface area contributed by atoms with E-state index in [1.165, 1.54) is 0 Å². The predicted octanol–water partition coefficient (Wildman–Crippen LogP) is 14.8. The van der Waals surface area contributed by atoms with Crippen molar-refractivity contribution in [3.63, 3.8) is 0 Å². The van der Waals surface area contributed by atoms with Gasteiger partial charge >= 0.3 is 59.7 Å². The minimum atomic E-state index is -0.614. The molecule has 0 aromatic carbocycles. The molecule has 20 heteroatoms. The Balaban J connectivity index is -0.000000331. The fraction of sp³-hybridized carbons (Fsp3) is 0.855. The molecule has 0 spiro atoms. The summed E-state index contributed by atoms with van der Waals surface area (Å²) < 4.78 is 51.1. The Morgan fingerprint density at radius 2 is 0.551 bits per heavy atom. The number of carbonyl (C=O) groups is 10. The molecule has 0 saturated heterocycles. The summed E-state index contributed by atoms with van der Waals surface area (Å²) in [5, 5.41) is 0. The second-order valence-electron chi connectivity index (χ2n) is 30.0. The van der Waals surface area contributed by atoms with Gasteiger partial charge in [-0.05, 0) is 203 Å². The van der Waals surface area contributed by atoms with Crippen molar-refractivity contribution in [1.29, 1.82) is 0 Å². The highest BCUT2D eigenvalue weighted by atomic mass is 16.6. The van der Waals surface area contributed by atoms with Gasteiger partial charge in [-0.25, -0.2) is 19.2 Å². The molecule has 20 nitrogen and oxygen atoms in total. The molecule has 0 heterocycles. The summed E-state index contributed by atoms with van der Waals surface area (Å²) in [6.07, 6.45) is 5.67. The molecule has 0 unspecified atom stereocenters. The van der Waals surface area contributed by atoms with Gasteiger partial charge in [0.2, 0.25) is 0 Å². The number of hydrogen-bond donors (Lipinski definition) is 0. The van der Waals surface area contributed by atoms with Gasteiger partial charge in [0, 0.05) is 11.8 Å². The van der Waals surface area contributed by atoms with Crippen molar-refractivity contribution in [3.8, 4) is 0 Å². The van der Waals surface area contributed by atoms with E-state index in [0.29, 0.717) is 38.5 Å². The number of ether oxygens (including phenoxy) is 10. The van der Waals surface area contributed by atoms with Gasteiger partial charge in [-0.2, -0.15) is 0 Å². The van der Waals surface area contributed by atoms with Gasteiger partial charge in [0.1, 0.15) is 28.0 Å². The zero-order valence-electron chi connectivity index (χ0n) is 62.1. The normalized spacial score (nSPS) is 12.4. The number of carbonyl (C=O) groups excluding carboxylic acids is 10. The van der Waals surface area contributed by atoms with Gasteiger partial charge in [0.15, 0.2) is 26.4 Å². The van der Waals surface area contributed by atoms with Gasteiger partial charge < -0.3 is 47.4 Å². The highest BCUT2D eigenvalue weighted by Crippen LogP contribution is 2.33. The molecule has 0 atom stereocenters. The highest BCUT2D eigenvalue weighted by Gasteiger charge is 2.38. The van der Waals surface area contributed by atoms with Crippen LogP contribution in [-0.4, -0.2) is 121 Å². The summed E-state index contributed by atoms with van der Waals surface area (Å²) in [7, 11) is 0. The van der Waals surface area contributed by atoms with Crippen molar-refractivity contribution < 1.29 is 95.3 Å². The fourth-order valence-electron chi connectivity index (χ4n) is 4.70. The van der Waals surface area contributed by atoms with E-state index in [-0.39, 0.29) is 86.6 Å². The third-order valence-electron chi connectivity index (χ3n) is 16.1. The topological polar surface area (TPSA) is 263 Å². The van der Waals surface area contributed by atoms with E-state index in [9.17, 15) is 47.9 Å². The van der Waals surface area contributed by atoms with Gasteiger partial charge in [0.25, 0.3) is 0 Å². The molecule has 0 aliphatic rings. The first-order chi connectivity index (χ1) is 39.7. The van der Waals surface area contributed by atoms with E-state index in [2.05, 4.69) is 0 Å². The zero-order chi connectivity index (χ0) is 71.8. The summed E-state index contributed by atoms with van der Waals surface area (Å²) >= 11 is 0. The Morgan fingerprint density at radius 3 is 0.798 bits per heavy atom. The Bertz CT molecular complexity index is 2190.